The minimum atomic E-state index is 0.558. The van der Waals surface area contributed by atoms with Gasteiger partial charge in [-0.15, -0.1) is 11.3 Å². The molecule has 0 aliphatic rings. The Kier molecular flexibility index (Phi) is 7.99. The Morgan fingerprint density at radius 1 is 1.03 bits per heavy atom. The highest BCUT2D eigenvalue weighted by Gasteiger charge is 2.19. The molecule has 0 saturated heterocycles. The zero-order chi connectivity index (χ0) is 20.8. The third-order valence-corrected chi connectivity index (χ3v) is 6.62. The van der Waals surface area contributed by atoms with Gasteiger partial charge in [0, 0.05) is 23.5 Å². The zero-order valence-corrected chi connectivity index (χ0v) is 19.6. The first-order valence-corrected chi connectivity index (χ1v) is 11.8. The monoisotopic (exact) mass is 446 g/mol. The molecule has 0 unspecified atom stereocenters. The third kappa shape index (κ3) is 5.97. The van der Waals surface area contributed by atoms with Gasteiger partial charge in [0.05, 0.1) is 15.7 Å². The number of unbranched alkanes of at least 4 members (excludes halogenated alkanes) is 1. The summed E-state index contributed by atoms with van der Waals surface area (Å²) in [6.45, 7) is 8.60. The second-order valence-electron chi connectivity index (χ2n) is 7.76. The van der Waals surface area contributed by atoms with E-state index in [1.165, 1.54) is 10.4 Å². The molecule has 154 valence electrons. The smallest absolute Gasteiger partial charge is 0.186 e. The fourth-order valence-electron chi connectivity index (χ4n) is 3.25. The summed E-state index contributed by atoms with van der Waals surface area (Å²) in [7, 11) is 0. The molecule has 0 bridgehead atoms. The highest BCUT2D eigenvalue weighted by molar-refractivity contribution is 7.16. The van der Waals surface area contributed by atoms with E-state index in [0.717, 1.165) is 48.7 Å². The molecule has 0 N–H and O–H groups in total. The number of anilines is 1. The lowest BCUT2D eigenvalue weighted by atomic mass is 10.0. The maximum Gasteiger partial charge on any atom is 0.186 e. The predicted octanol–water partition coefficient (Wildman–Crippen LogP) is 8.12. The van der Waals surface area contributed by atoms with E-state index in [9.17, 15) is 0 Å². The number of nitrogens with zero attached hydrogens (tertiary/aromatic N) is 2. The lowest BCUT2D eigenvalue weighted by Crippen LogP contribution is -2.23. The molecule has 0 saturated carbocycles. The summed E-state index contributed by atoms with van der Waals surface area (Å²) in [6, 6.07) is 16.4. The minimum Gasteiger partial charge on any atom is -0.344 e. The molecule has 3 rings (SSSR count). The van der Waals surface area contributed by atoms with Gasteiger partial charge < -0.3 is 4.90 Å². The Morgan fingerprint density at radius 3 is 2.45 bits per heavy atom. The average Bonchev–Trinajstić information content (AvgIpc) is 3.11. The van der Waals surface area contributed by atoms with Crippen molar-refractivity contribution >= 4 is 39.7 Å². The highest BCUT2D eigenvalue weighted by Crippen LogP contribution is 2.37. The summed E-state index contributed by atoms with van der Waals surface area (Å²) in [5.41, 5.74) is 3.37. The van der Waals surface area contributed by atoms with E-state index in [1.54, 1.807) is 0 Å². The van der Waals surface area contributed by atoms with Crippen LogP contribution in [0.3, 0.4) is 0 Å². The lowest BCUT2D eigenvalue weighted by Gasteiger charge is -2.21. The molecule has 0 atom stereocenters. The van der Waals surface area contributed by atoms with Gasteiger partial charge in [0.25, 0.3) is 0 Å². The van der Waals surface area contributed by atoms with Gasteiger partial charge in [0.2, 0.25) is 0 Å². The van der Waals surface area contributed by atoms with Crippen LogP contribution in [0.15, 0.2) is 48.5 Å². The molecule has 0 aliphatic carbocycles. The predicted molar refractivity (Wildman–Crippen MR) is 129 cm³/mol. The van der Waals surface area contributed by atoms with Crippen molar-refractivity contribution in [3.05, 3.63) is 69.0 Å². The molecule has 0 amide bonds. The van der Waals surface area contributed by atoms with Gasteiger partial charge >= 0.3 is 0 Å². The number of hydrogen-bond donors (Lipinski definition) is 0. The maximum atomic E-state index is 6.30. The normalized spacial score (nSPS) is 11.2. The summed E-state index contributed by atoms with van der Waals surface area (Å²) >= 11 is 14.2. The fraction of sp³-hybridized carbons (Fsp3) is 0.375. The van der Waals surface area contributed by atoms with Gasteiger partial charge in [-0.1, -0.05) is 86.8 Å². The van der Waals surface area contributed by atoms with E-state index in [1.807, 2.05) is 29.5 Å². The lowest BCUT2D eigenvalue weighted by molar-refractivity contribution is 0.654. The maximum absolute atomic E-state index is 6.30. The van der Waals surface area contributed by atoms with Gasteiger partial charge in [-0.3, -0.25) is 0 Å². The first-order valence-electron chi connectivity index (χ1n) is 10.2. The Morgan fingerprint density at radius 2 is 1.79 bits per heavy atom. The number of rotatable bonds is 9. The van der Waals surface area contributed by atoms with Gasteiger partial charge in [-0.2, -0.15) is 0 Å². The molecule has 1 aromatic heterocycles. The van der Waals surface area contributed by atoms with Crippen molar-refractivity contribution in [1.82, 2.24) is 4.98 Å². The van der Waals surface area contributed by atoms with E-state index in [-0.39, 0.29) is 0 Å². The van der Waals surface area contributed by atoms with Crippen LogP contribution < -0.4 is 4.90 Å². The van der Waals surface area contributed by atoms with Crippen LogP contribution in [-0.2, 0) is 13.0 Å². The van der Waals surface area contributed by atoms with Crippen molar-refractivity contribution in [2.45, 2.75) is 46.6 Å². The minimum absolute atomic E-state index is 0.558. The number of thiazole rings is 1. The van der Waals surface area contributed by atoms with Crippen molar-refractivity contribution in [3.63, 3.8) is 0 Å². The second kappa shape index (κ2) is 10.5. The van der Waals surface area contributed by atoms with Crippen molar-refractivity contribution in [1.29, 1.82) is 0 Å². The first kappa shape index (κ1) is 22.1. The molecule has 2 aromatic carbocycles. The van der Waals surface area contributed by atoms with Crippen molar-refractivity contribution in [2.24, 2.45) is 5.92 Å². The third-order valence-electron chi connectivity index (χ3n) is 4.74. The van der Waals surface area contributed by atoms with Crippen LogP contribution in [0, 0.1) is 5.92 Å². The summed E-state index contributed by atoms with van der Waals surface area (Å²) in [5.74, 6) is 0.558. The van der Waals surface area contributed by atoms with E-state index in [2.05, 4.69) is 56.0 Å². The van der Waals surface area contributed by atoms with Crippen molar-refractivity contribution in [3.8, 4) is 11.3 Å². The topological polar surface area (TPSA) is 16.1 Å². The molecule has 29 heavy (non-hydrogen) atoms. The highest BCUT2D eigenvalue weighted by atomic mass is 35.5. The van der Waals surface area contributed by atoms with Crippen LogP contribution in [-0.4, -0.2) is 11.5 Å². The largest absolute Gasteiger partial charge is 0.344 e. The molecule has 0 aliphatic heterocycles. The second-order valence-corrected chi connectivity index (χ2v) is 9.63. The first-order chi connectivity index (χ1) is 14.0. The molecule has 0 spiro atoms. The van der Waals surface area contributed by atoms with Crippen LogP contribution in [0.2, 0.25) is 10.0 Å². The Bertz CT molecular complexity index is 922. The molecule has 3 aromatic rings. The molecule has 2 nitrogen and oxygen atoms in total. The van der Waals surface area contributed by atoms with E-state index >= 15 is 0 Å². The Balaban J connectivity index is 1.99. The van der Waals surface area contributed by atoms with Gasteiger partial charge in [0.15, 0.2) is 5.13 Å². The standard InChI is InChI=1S/C24H28Cl2N2S/c1-4-5-13-28(16-18-9-7-6-8-10-18)24-27-23(22(29-24)14-17(2)3)19-11-12-20(25)21(26)15-19/h6-12,15,17H,4-5,13-14,16H2,1-3H3. The summed E-state index contributed by atoms with van der Waals surface area (Å²) in [6.07, 6.45) is 3.31. The fourth-order valence-corrected chi connectivity index (χ4v) is 4.86. The van der Waals surface area contributed by atoms with E-state index < -0.39 is 0 Å². The van der Waals surface area contributed by atoms with Crippen molar-refractivity contribution < 1.29 is 0 Å². The molecular formula is C24H28Cl2N2S. The van der Waals surface area contributed by atoms with Gasteiger partial charge in [-0.25, -0.2) is 4.98 Å². The van der Waals surface area contributed by atoms with Crippen LogP contribution in [0.25, 0.3) is 11.3 Å². The van der Waals surface area contributed by atoms with Gasteiger partial charge in [0.1, 0.15) is 0 Å². The molecule has 0 fully saturated rings. The van der Waals surface area contributed by atoms with Crippen LogP contribution in [0.4, 0.5) is 5.13 Å². The summed E-state index contributed by atoms with van der Waals surface area (Å²) < 4.78 is 0. The number of aromatic nitrogens is 1. The number of halogens is 2. The van der Waals surface area contributed by atoms with Crippen molar-refractivity contribution in [2.75, 3.05) is 11.4 Å². The SMILES string of the molecule is CCCCN(Cc1ccccc1)c1nc(-c2ccc(Cl)c(Cl)c2)c(CC(C)C)s1. The van der Waals surface area contributed by atoms with Crippen LogP contribution >= 0.6 is 34.5 Å². The summed E-state index contributed by atoms with van der Waals surface area (Å²) in [5, 5.41) is 2.23. The van der Waals surface area contributed by atoms with Gasteiger partial charge in [-0.05, 0) is 36.5 Å². The number of benzene rings is 2. The number of hydrogen-bond acceptors (Lipinski definition) is 3. The molecule has 1 heterocycles. The molecule has 5 heteroatoms. The zero-order valence-electron chi connectivity index (χ0n) is 17.3. The molecule has 0 radical (unpaired) electrons. The average molecular weight is 447 g/mol. The van der Waals surface area contributed by atoms with E-state index in [0.29, 0.717) is 16.0 Å². The summed E-state index contributed by atoms with van der Waals surface area (Å²) in [4.78, 5) is 8.82. The van der Waals surface area contributed by atoms with E-state index in [4.69, 9.17) is 28.2 Å². The van der Waals surface area contributed by atoms with Crippen LogP contribution in [0.1, 0.15) is 44.1 Å². The quantitative estimate of drug-likeness (QED) is 0.329. The Hall–Kier alpha value is -1.55. The van der Waals surface area contributed by atoms with Crippen LogP contribution in [0.5, 0.6) is 0 Å². The Labute approximate surface area is 188 Å². The molecular weight excluding hydrogens is 419 g/mol.